The van der Waals surface area contributed by atoms with Gasteiger partial charge in [0, 0.05) is 18.9 Å². The number of hydrogen-bond donors (Lipinski definition) is 1. The number of likely N-dealkylation sites (N-methyl/N-ethyl adjacent to an activating group) is 1. The van der Waals surface area contributed by atoms with Gasteiger partial charge in [0.05, 0.1) is 0 Å². The van der Waals surface area contributed by atoms with E-state index in [2.05, 4.69) is 42.9 Å². The summed E-state index contributed by atoms with van der Waals surface area (Å²) in [5.41, 5.74) is 7.34. The Hall–Kier alpha value is -0.930. The van der Waals surface area contributed by atoms with Crippen LogP contribution in [0.1, 0.15) is 25.8 Å². The van der Waals surface area contributed by atoms with Crippen LogP contribution in [0.25, 0.3) is 0 Å². The Bertz CT molecular complexity index is 309. The summed E-state index contributed by atoms with van der Waals surface area (Å²) < 4.78 is 0. The molecule has 0 aliphatic rings. The first-order valence-corrected chi connectivity index (χ1v) is 6.31. The average molecular weight is 235 g/mol. The van der Waals surface area contributed by atoms with Gasteiger partial charge in [-0.25, -0.2) is 0 Å². The highest BCUT2D eigenvalue weighted by Crippen LogP contribution is 2.18. The molecule has 0 saturated heterocycles. The summed E-state index contributed by atoms with van der Waals surface area (Å²) >= 11 is 0. The molecular formula is C14H25N3. The van der Waals surface area contributed by atoms with Crippen LogP contribution in [0.3, 0.4) is 0 Å². The van der Waals surface area contributed by atoms with Gasteiger partial charge in [-0.3, -0.25) is 4.98 Å². The fraction of sp³-hybridized carbons (Fsp3) is 0.643. The number of rotatable bonds is 7. The zero-order valence-corrected chi connectivity index (χ0v) is 11.3. The maximum atomic E-state index is 5.73. The van der Waals surface area contributed by atoms with Crippen molar-refractivity contribution < 1.29 is 0 Å². The van der Waals surface area contributed by atoms with E-state index in [0.717, 1.165) is 32.5 Å². The van der Waals surface area contributed by atoms with E-state index in [1.54, 1.807) is 0 Å². The first kappa shape index (κ1) is 14.1. The van der Waals surface area contributed by atoms with Crippen molar-refractivity contribution in [2.45, 2.75) is 26.7 Å². The minimum atomic E-state index is 0.255. The third kappa shape index (κ3) is 5.80. The third-order valence-electron chi connectivity index (χ3n) is 3.25. The molecule has 1 heterocycles. The number of pyridine rings is 1. The summed E-state index contributed by atoms with van der Waals surface area (Å²) in [7, 11) is 2.17. The quantitative estimate of drug-likeness (QED) is 0.785. The molecular weight excluding hydrogens is 210 g/mol. The minimum absolute atomic E-state index is 0.255. The smallest absolute Gasteiger partial charge is 0.0270 e. The van der Waals surface area contributed by atoms with Crippen LogP contribution in [0.2, 0.25) is 0 Å². The second-order valence-corrected chi connectivity index (χ2v) is 5.53. The lowest BCUT2D eigenvalue weighted by Crippen LogP contribution is -2.30. The third-order valence-corrected chi connectivity index (χ3v) is 3.25. The van der Waals surface area contributed by atoms with Crippen molar-refractivity contribution in [1.29, 1.82) is 0 Å². The van der Waals surface area contributed by atoms with Crippen LogP contribution in [0, 0.1) is 5.41 Å². The molecule has 2 N–H and O–H groups in total. The molecule has 0 atom stereocenters. The molecule has 1 rings (SSSR count). The number of hydrogen-bond acceptors (Lipinski definition) is 3. The van der Waals surface area contributed by atoms with E-state index in [-0.39, 0.29) is 5.41 Å². The predicted octanol–water partition coefficient (Wildman–Crippen LogP) is 1.93. The Morgan fingerprint density at radius 3 is 2.47 bits per heavy atom. The molecule has 0 amide bonds. The summed E-state index contributed by atoms with van der Waals surface area (Å²) in [6.45, 7) is 7.40. The van der Waals surface area contributed by atoms with Gasteiger partial charge in [0.2, 0.25) is 0 Å². The van der Waals surface area contributed by atoms with Crippen LogP contribution < -0.4 is 5.73 Å². The van der Waals surface area contributed by atoms with Gasteiger partial charge in [-0.2, -0.15) is 0 Å². The molecule has 0 aliphatic heterocycles. The maximum absolute atomic E-state index is 5.73. The van der Waals surface area contributed by atoms with Gasteiger partial charge in [-0.1, -0.05) is 13.8 Å². The van der Waals surface area contributed by atoms with Gasteiger partial charge < -0.3 is 10.6 Å². The SMILES string of the molecule is CN(CCc1ccncc1)CCC(C)(C)CN. The molecule has 0 aliphatic carbocycles. The van der Waals surface area contributed by atoms with Crippen molar-refractivity contribution in [3.05, 3.63) is 30.1 Å². The number of nitrogens with zero attached hydrogens (tertiary/aromatic N) is 2. The van der Waals surface area contributed by atoms with Crippen molar-refractivity contribution in [2.75, 3.05) is 26.7 Å². The Balaban J connectivity index is 2.24. The van der Waals surface area contributed by atoms with Crippen molar-refractivity contribution in [2.24, 2.45) is 11.1 Å². The zero-order valence-electron chi connectivity index (χ0n) is 11.3. The molecule has 1 aromatic rings. The van der Waals surface area contributed by atoms with E-state index in [4.69, 9.17) is 5.73 Å². The lowest BCUT2D eigenvalue weighted by atomic mass is 9.89. The Morgan fingerprint density at radius 2 is 1.88 bits per heavy atom. The lowest BCUT2D eigenvalue weighted by Gasteiger charge is -2.26. The Kier molecular flexibility index (Phi) is 5.59. The van der Waals surface area contributed by atoms with Crippen LogP contribution in [0.4, 0.5) is 0 Å². The second kappa shape index (κ2) is 6.72. The highest BCUT2D eigenvalue weighted by atomic mass is 15.1. The van der Waals surface area contributed by atoms with E-state index >= 15 is 0 Å². The van der Waals surface area contributed by atoms with Crippen LogP contribution >= 0.6 is 0 Å². The normalized spacial score (nSPS) is 12.1. The molecule has 3 heteroatoms. The average Bonchev–Trinajstić information content (AvgIpc) is 2.35. The van der Waals surface area contributed by atoms with Crippen LogP contribution in [-0.4, -0.2) is 36.6 Å². The molecule has 0 bridgehead atoms. The standard InChI is InChI=1S/C14H25N3/c1-14(2,12-15)7-11-17(3)10-6-13-4-8-16-9-5-13/h4-5,8-9H,6-7,10-12,15H2,1-3H3. The molecule has 0 unspecified atom stereocenters. The Morgan fingerprint density at radius 1 is 1.24 bits per heavy atom. The van der Waals surface area contributed by atoms with Gasteiger partial charge >= 0.3 is 0 Å². The van der Waals surface area contributed by atoms with E-state index in [0.29, 0.717) is 0 Å². The van der Waals surface area contributed by atoms with Crippen molar-refractivity contribution in [1.82, 2.24) is 9.88 Å². The van der Waals surface area contributed by atoms with Crippen LogP contribution in [0.15, 0.2) is 24.5 Å². The summed E-state index contributed by atoms with van der Waals surface area (Å²) in [6.07, 6.45) is 5.94. The fourth-order valence-electron chi connectivity index (χ4n) is 1.58. The monoisotopic (exact) mass is 235 g/mol. The molecule has 0 fully saturated rings. The topological polar surface area (TPSA) is 42.2 Å². The highest BCUT2D eigenvalue weighted by Gasteiger charge is 2.15. The maximum Gasteiger partial charge on any atom is 0.0270 e. The largest absolute Gasteiger partial charge is 0.330 e. The van der Waals surface area contributed by atoms with Gasteiger partial charge in [0.1, 0.15) is 0 Å². The number of nitrogens with two attached hydrogens (primary N) is 1. The van der Waals surface area contributed by atoms with Crippen molar-refractivity contribution in [3.63, 3.8) is 0 Å². The summed E-state index contributed by atoms with van der Waals surface area (Å²) in [4.78, 5) is 6.40. The van der Waals surface area contributed by atoms with Crippen molar-refractivity contribution in [3.8, 4) is 0 Å². The molecule has 0 saturated carbocycles. The predicted molar refractivity (Wildman–Crippen MR) is 72.9 cm³/mol. The summed E-state index contributed by atoms with van der Waals surface area (Å²) in [5.74, 6) is 0. The van der Waals surface area contributed by atoms with Crippen LogP contribution in [0.5, 0.6) is 0 Å². The van der Waals surface area contributed by atoms with Gasteiger partial charge in [-0.15, -0.1) is 0 Å². The molecule has 1 aromatic heterocycles. The highest BCUT2D eigenvalue weighted by molar-refractivity contribution is 5.09. The van der Waals surface area contributed by atoms with Gasteiger partial charge in [-0.05, 0) is 56.1 Å². The van der Waals surface area contributed by atoms with E-state index < -0.39 is 0 Å². The van der Waals surface area contributed by atoms with E-state index in [1.807, 2.05) is 12.4 Å². The molecule has 96 valence electrons. The minimum Gasteiger partial charge on any atom is -0.330 e. The number of aromatic nitrogens is 1. The van der Waals surface area contributed by atoms with Gasteiger partial charge in [0.15, 0.2) is 0 Å². The molecule has 0 aromatic carbocycles. The van der Waals surface area contributed by atoms with Crippen LogP contribution in [-0.2, 0) is 6.42 Å². The molecule has 3 nitrogen and oxygen atoms in total. The van der Waals surface area contributed by atoms with Crippen molar-refractivity contribution >= 4 is 0 Å². The lowest BCUT2D eigenvalue weighted by molar-refractivity contribution is 0.256. The Labute approximate surface area is 105 Å². The zero-order chi connectivity index (χ0) is 12.7. The molecule has 17 heavy (non-hydrogen) atoms. The first-order valence-electron chi connectivity index (χ1n) is 6.31. The molecule has 0 radical (unpaired) electrons. The fourth-order valence-corrected chi connectivity index (χ4v) is 1.58. The second-order valence-electron chi connectivity index (χ2n) is 5.53. The molecule has 0 spiro atoms. The van der Waals surface area contributed by atoms with E-state index in [9.17, 15) is 0 Å². The van der Waals surface area contributed by atoms with E-state index in [1.165, 1.54) is 5.56 Å². The summed E-state index contributed by atoms with van der Waals surface area (Å²) in [6, 6.07) is 4.16. The first-order chi connectivity index (χ1) is 8.03. The summed E-state index contributed by atoms with van der Waals surface area (Å²) in [5, 5.41) is 0. The van der Waals surface area contributed by atoms with Gasteiger partial charge in [0.25, 0.3) is 0 Å².